The van der Waals surface area contributed by atoms with Gasteiger partial charge >= 0.3 is 12.1 Å². The molecule has 1 saturated heterocycles. The number of aryl methyl sites for hydroxylation is 1. The number of alkyl halides is 3. The first kappa shape index (κ1) is 18.7. The van der Waals surface area contributed by atoms with E-state index in [2.05, 4.69) is 29.7 Å². The quantitative estimate of drug-likeness (QED) is 0.608. The van der Waals surface area contributed by atoms with Crippen LogP contribution in [0.25, 0.3) is 11.4 Å². The summed E-state index contributed by atoms with van der Waals surface area (Å²) in [4.78, 5) is 9.82. The van der Waals surface area contributed by atoms with E-state index in [1.54, 1.807) is 25.1 Å². The number of piperidine rings is 1. The molecule has 148 valence electrons. The van der Waals surface area contributed by atoms with Gasteiger partial charge in [-0.05, 0) is 44.4 Å². The molecule has 1 aliphatic heterocycles. The summed E-state index contributed by atoms with van der Waals surface area (Å²) in [5.41, 5.74) is 1.06. The van der Waals surface area contributed by atoms with Crippen molar-refractivity contribution in [3.63, 3.8) is 0 Å². The van der Waals surface area contributed by atoms with E-state index < -0.39 is 12.1 Å². The van der Waals surface area contributed by atoms with Gasteiger partial charge in [-0.3, -0.25) is 0 Å². The fourth-order valence-corrected chi connectivity index (χ4v) is 3.52. The predicted octanol–water partition coefficient (Wildman–Crippen LogP) is 4.83. The molecule has 1 aromatic carbocycles. The highest BCUT2D eigenvalue weighted by atomic mass is 35.5. The summed E-state index contributed by atoms with van der Waals surface area (Å²) in [5.74, 6) is -0.533. The maximum Gasteiger partial charge on any atom is 0.471 e. The zero-order chi connectivity index (χ0) is 19.9. The van der Waals surface area contributed by atoms with E-state index >= 15 is 0 Å². The summed E-state index contributed by atoms with van der Waals surface area (Å²) < 4.78 is 47.6. The van der Waals surface area contributed by atoms with Crippen LogP contribution in [0.3, 0.4) is 0 Å². The Morgan fingerprint density at radius 2 is 1.96 bits per heavy atom. The van der Waals surface area contributed by atoms with Crippen molar-refractivity contribution in [1.29, 1.82) is 0 Å². The number of anilines is 1. The first-order chi connectivity index (χ1) is 13.3. The minimum atomic E-state index is -4.71. The molecule has 3 heterocycles. The average molecular weight is 414 g/mol. The van der Waals surface area contributed by atoms with Gasteiger partial charge in [0.1, 0.15) is 6.04 Å². The van der Waals surface area contributed by atoms with Crippen LogP contribution in [0.4, 0.5) is 18.9 Å². The zero-order valence-corrected chi connectivity index (χ0v) is 15.5. The number of rotatable bonds is 3. The number of nitrogens with zero attached hydrogens (tertiary/aromatic N) is 5. The molecule has 11 heteroatoms. The molecule has 1 aliphatic rings. The third-order valence-electron chi connectivity index (χ3n) is 4.52. The summed E-state index contributed by atoms with van der Waals surface area (Å²) in [6.45, 7) is 2.52. The van der Waals surface area contributed by atoms with Crippen LogP contribution in [0, 0.1) is 6.92 Å². The smallest absolute Gasteiger partial charge is 0.359 e. The van der Waals surface area contributed by atoms with Crippen molar-refractivity contribution >= 4 is 17.3 Å². The fourth-order valence-electron chi connectivity index (χ4n) is 3.26. The molecule has 7 nitrogen and oxygen atoms in total. The lowest BCUT2D eigenvalue weighted by Gasteiger charge is -2.35. The van der Waals surface area contributed by atoms with E-state index in [0.29, 0.717) is 11.7 Å². The van der Waals surface area contributed by atoms with E-state index in [1.165, 1.54) is 0 Å². The van der Waals surface area contributed by atoms with Crippen molar-refractivity contribution in [3.05, 3.63) is 40.8 Å². The van der Waals surface area contributed by atoms with Gasteiger partial charge in [0.15, 0.2) is 5.82 Å². The molecular weight excluding hydrogens is 399 g/mol. The number of hydrogen-bond acceptors (Lipinski definition) is 7. The lowest BCUT2D eigenvalue weighted by Crippen LogP contribution is -2.33. The summed E-state index contributed by atoms with van der Waals surface area (Å²) in [6, 6.07) is 4.92. The fraction of sp³-hybridized carbons (Fsp3) is 0.412. The summed E-state index contributed by atoms with van der Waals surface area (Å²) in [5, 5.41) is 7.46. The van der Waals surface area contributed by atoms with Crippen LogP contribution in [-0.2, 0) is 6.18 Å². The van der Waals surface area contributed by atoms with E-state index in [0.717, 1.165) is 31.5 Å². The highest BCUT2D eigenvalue weighted by Crippen LogP contribution is 2.38. The summed E-state index contributed by atoms with van der Waals surface area (Å²) in [6.07, 6.45) is -1.85. The maximum absolute atomic E-state index is 12.7. The van der Waals surface area contributed by atoms with Gasteiger partial charge in [-0.15, -0.1) is 0 Å². The first-order valence-corrected chi connectivity index (χ1v) is 8.98. The normalized spacial score (nSPS) is 17.9. The van der Waals surface area contributed by atoms with Crippen LogP contribution in [-0.4, -0.2) is 26.8 Å². The molecule has 4 rings (SSSR count). The number of hydrogen-bond donors (Lipinski definition) is 0. The van der Waals surface area contributed by atoms with E-state index in [4.69, 9.17) is 16.1 Å². The monoisotopic (exact) mass is 413 g/mol. The molecule has 0 aliphatic carbocycles. The Balaban J connectivity index is 1.64. The Morgan fingerprint density at radius 3 is 2.61 bits per heavy atom. The molecule has 1 unspecified atom stereocenters. The van der Waals surface area contributed by atoms with E-state index in [-0.39, 0.29) is 22.5 Å². The Hall–Kier alpha value is -2.62. The molecule has 3 aromatic rings. The SMILES string of the molecule is Cc1noc(C2CCCCN2c2ccc(-c3noc(C(F)(F)F)n3)c(Cl)c2)n1. The third-order valence-corrected chi connectivity index (χ3v) is 4.84. The van der Waals surface area contributed by atoms with Crippen molar-refractivity contribution in [1.82, 2.24) is 20.3 Å². The van der Waals surface area contributed by atoms with Crippen molar-refractivity contribution in [2.24, 2.45) is 0 Å². The minimum Gasteiger partial charge on any atom is -0.359 e. The Morgan fingerprint density at radius 1 is 1.14 bits per heavy atom. The van der Waals surface area contributed by atoms with Crippen molar-refractivity contribution in [2.75, 3.05) is 11.4 Å². The Kier molecular flexibility index (Phi) is 4.74. The lowest BCUT2D eigenvalue weighted by molar-refractivity contribution is -0.159. The van der Waals surface area contributed by atoms with Crippen molar-refractivity contribution in [2.45, 2.75) is 38.4 Å². The van der Waals surface area contributed by atoms with Crippen molar-refractivity contribution < 1.29 is 22.2 Å². The molecule has 0 amide bonds. The largest absolute Gasteiger partial charge is 0.471 e. The van der Waals surface area contributed by atoms with Gasteiger partial charge < -0.3 is 13.9 Å². The third kappa shape index (κ3) is 3.56. The Labute approximate surface area is 162 Å². The lowest BCUT2D eigenvalue weighted by atomic mass is 10.0. The predicted molar refractivity (Wildman–Crippen MR) is 92.7 cm³/mol. The second-order valence-corrected chi connectivity index (χ2v) is 6.88. The second-order valence-electron chi connectivity index (χ2n) is 6.47. The van der Waals surface area contributed by atoms with Crippen LogP contribution in [0.5, 0.6) is 0 Å². The minimum absolute atomic E-state index is 0.0844. The molecule has 0 radical (unpaired) electrons. The Bertz CT molecular complexity index is 987. The van der Waals surface area contributed by atoms with Crippen LogP contribution < -0.4 is 4.90 Å². The molecule has 0 spiro atoms. The van der Waals surface area contributed by atoms with Crippen LogP contribution >= 0.6 is 11.6 Å². The molecule has 28 heavy (non-hydrogen) atoms. The standard InChI is InChI=1S/C17H15ClF3N5O2/c1-9-22-15(27-24-9)13-4-2-3-7-26(13)10-5-6-11(12(18)8-10)14-23-16(28-25-14)17(19,20)21/h5-6,8,13H,2-4,7H2,1H3. The molecular formula is C17H15ClF3N5O2. The van der Waals surface area contributed by atoms with Gasteiger partial charge in [0.2, 0.25) is 11.7 Å². The van der Waals surface area contributed by atoms with Crippen LogP contribution in [0.2, 0.25) is 5.02 Å². The van der Waals surface area contributed by atoms with E-state index in [1.807, 2.05) is 0 Å². The summed E-state index contributed by atoms with van der Waals surface area (Å²) >= 11 is 6.32. The van der Waals surface area contributed by atoms with Gasteiger partial charge in [0.05, 0.1) is 5.02 Å². The average Bonchev–Trinajstić information content (AvgIpc) is 3.31. The molecule has 0 N–H and O–H groups in total. The summed E-state index contributed by atoms with van der Waals surface area (Å²) in [7, 11) is 0. The van der Waals surface area contributed by atoms with Gasteiger partial charge in [0, 0.05) is 17.8 Å². The van der Waals surface area contributed by atoms with Gasteiger partial charge in [-0.25, -0.2) is 0 Å². The van der Waals surface area contributed by atoms with Gasteiger partial charge in [0.25, 0.3) is 0 Å². The molecule has 1 atom stereocenters. The molecule has 0 saturated carbocycles. The van der Waals surface area contributed by atoms with Crippen LogP contribution in [0.1, 0.15) is 42.9 Å². The molecule has 0 bridgehead atoms. The second kappa shape index (κ2) is 7.08. The number of halogens is 4. The topological polar surface area (TPSA) is 81.1 Å². The zero-order valence-electron chi connectivity index (χ0n) is 14.7. The highest BCUT2D eigenvalue weighted by molar-refractivity contribution is 6.33. The maximum atomic E-state index is 12.7. The van der Waals surface area contributed by atoms with Gasteiger partial charge in [-0.2, -0.15) is 23.1 Å². The number of aromatic nitrogens is 4. The first-order valence-electron chi connectivity index (χ1n) is 8.60. The highest BCUT2D eigenvalue weighted by Gasteiger charge is 2.38. The van der Waals surface area contributed by atoms with E-state index in [9.17, 15) is 13.2 Å². The number of benzene rings is 1. The van der Waals surface area contributed by atoms with Gasteiger partial charge in [-0.1, -0.05) is 21.9 Å². The van der Waals surface area contributed by atoms with Crippen molar-refractivity contribution in [3.8, 4) is 11.4 Å². The molecule has 2 aromatic heterocycles. The van der Waals surface area contributed by atoms with Crippen LogP contribution in [0.15, 0.2) is 27.2 Å². The molecule has 1 fully saturated rings.